The van der Waals surface area contributed by atoms with Crippen LogP contribution in [0.15, 0.2) is 179 Å². The molecule has 0 amide bonds. The minimum absolute atomic E-state index is 0.00554. The van der Waals surface area contributed by atoms with Crippen LogP contribution in [-0.4, -0.2) is 8.07 Å². The Hall–Kier alpha value is -6.37. The van der Waals surface area contributed by atoms with Gasteiger partial charge < -0.3 is 0 Å². The first-order chi connectivity index (χ1) is 35.9. The summed E-state index contributed by atoms with van der Waals surface area (Å²) >= 11 is 2.35. The monoisotopic (exact) mass is 1080 g/mol. The number of halogens is 1. The van der Waals surface area contributed by atoms with Crippen LogP contribution in [0, 0.1) is 107 Å². The molecule has 0 aromatic heterocycles. The maximum Gasteiger partial charge on any atom is 0.146 e. The number of benzene rings is 3. The number of rotatable bonds is 3. The molecule has 12 rings (SSSR count). The molecule has 3 saturated carbocycles. The van der Waals surface area contributed by atoms with E-state index in [1.807, 2.05) is 0 Å². The molecule has 0 heterocycles. The van der Waals surface area contributed by atoms with Gasteiger partial charge in [-0.3, -0.25) is 0 Å². The highest BCUT2D eigenvalue weighted by Gasteiger charge is 2.67. The zero-order valence-corrected chi connectivity index (χ0v) is 47.0. The molecule has 0 bridgehead atoms. The van der Waals surface area contributed by atoms with Crippen molar-refractivity contribution in [3.63, 3.8) is 0 Å². The van der Waals surface area contributed by atoms with Crippen LogP contribution in [0.25, 0.3) is 0 Å². The SMILES string of the molecule is CC(C)[Si](C#CC1=C(C#Cc2ccc(C#CC3=C(C#Cc4ccc(C#CC5=C(C#Cc6ccc(I)cc6)[C@@]67C=CC=C[C@@]56CCC7)cc4)[C@@]45C=CC=C[C@@]34CCC5)cc2)[C@@]23C=CC=C[C@@]12CCC3)(C(C)C)C(C)C. The molecule has 9 aliphatic rings. The largest absolute Gasteiger partial charge is 0.146 e. The van der Waals surface area contributed by atoms with Crippen LogP contribution in [0.4, 0.5) is 0 Å². The van der Waals surface area contributed by atoms with Crippen molar-refractivity contribution >= 4 is 30.7 Å². The van der Waals surface area contributed by atoms with Crippen molar-refractivity contribution in [2.24, 2.45) is 32.5 Å². The van der Waals surface area contributed by atoms with Crippen molar-refractivity contribution in [3.05, 3.63) is 211 Å². The van der Waals surface area contributed by atoms with Gasteiger partial charge in [0, 0.05) is 97.3 Å². The molecular formula is C72H63ISi. The van der Waals surface area contributed by atoms with E-state index in [1.54, 1.807) is 0 Å². The molecule has 3 fully saturated rings. The van der Waals surface area contributed by atoms with Crippen molar-refractivity contribution in [2.75, 3.05) is 0 Å². The van der Waals surface area contributed by atoms with Gasteiger partial charge in [0.05, 0.1) is 0 Å². The molecule has 0 radical (unpaired) electrons. The Morgan fingerprint density at radius 2 is 0.541 bits per heavy atom. The van der Waals surface area contributed by atoms with Crippen LogP contribution in [-0.2, 0) is 0 Å². The standard InChI is InChI=1S/C72H63ISi/c1-52(2)74(53(3)4,54(5)6)51-38-66-65(71-43-11-12-44-72(66,71)50-15-49-71)37-29-58-22-20-57(21-23-58)27-34-62-61(67-39-7-8-40-68(62,67)46-13-45-67)33-26-55-16-18-56(19-17-55)28-35-63-64(36-30-59-24-31-60(73)32-25-59)70-42-10-9-41-69(63,70)47-14-48-70/h7-12,16-25,31-32,39-44,52-54H,13-15,45-50H2,1-6H3/t67-,68+,69+,70-,71-,72+/m0/s1. The number of allylic oxidation sites excluding steroid dienone is 18. The molecule has 0 unspecified atom stereocenters. The minimum atomic E-state index is -1.91. The predicted molar refractivity (Wildman–Crippen MR) is 317 cm³/mol. The first-order valence-electron chi connectivity index (χ1n) is 27.3. The van der Waals surface area contributed by atoms with Crippen molar-refractivity contribution in [1.82, 2.24) is 0 Å². The van der Waals surface area contributed by atoms with Gasteiger partial charge in [0.15, 0.2) is 0 Å². The number of hydrogen-bond donors (Lipinski definition) is 0. The minimum Gasteiger partial charge on any atom is -0.125 e. The highest BCUT2D eigenvalue weighted by Crippen LogP contribution is 2.74. The maximum absolute atomic E-state index is 4.08. The summed E-state index contributed by atoms with van der Waals surface area (Å²) in [5, 5.41) is 0. The van der Waals surface area contributed by atoms with Crippen LogP contribution in [0.3, 0.4) is 0 Å². The van der Waals surface area contributed by atoms with Gasteiger partial charge in [0.25, 0.3) is 0 Å². The van der Waals surface area contributed by atoms with Crippen molar-refractivity contribution < 1.29 is 0 Å². The van der Waals surface area contributed by atoms with Gasteiger partial charge in [0.1, 0.15) is 8.07 Å². The second-order valence-electron chi connectivity index (χ2n) is 23.4. The molecule has 0 spiro atoms. The molecule has 362 valence electrons. The normalized spacial score (nSPS) is 29.4. The van der Waals surface area contributed by atoms with E-state index in [4.69, 9.17) is 0 Å². The Bertz CT molecular complexity index is 3590. The molecule has 3 aromatic rings. The predicted octanol–water partition coefficient (Wildman–Crippen LogP) is 16.4. The molecule has 0 saturated heterocycles. The van der Waals surface area contributed by atoms with Gasteiger partial charge in [-0.05, 0) is 151 Å². The fourth-order valence-corrected chi connectivity index (χ4v) is 21.4. The zero-order chi connectivity index (χ0) is 51.0. The van der Waals surface area contributed by atoms with Crippen molar-refractivity contribution in [3.8, 4) is 70.7 Å². The average Bonchev–Trinajstić information content (AvgIpc) is 4.14. The Labute approximate surface area is 457 Å². The van der Waals surface area contributed by atoms with Crippen molar-refractivity contribution in [1.29, 1.82) is 0 Å². The summed E-state index contributed by atoms with van der Waals surface area (Å²) in [7, 11) is -1.91. The van der Waals surface area contributed by atoms with Gasteiger partial charge in [-0.2, -0.15) is 0 Å². The molecule has 9 aliphatic carbocycles. The molecule has 0 nitrogen and oxygen atoms in total. The van der Waals surface area contributed by atoms with Crippen LogP contribution in [0.5, 0.6) is 0 Å². The van der Waals surface area contributed by atoms with E-state index in [9.17, 15) is 0 Å². The van der Waals surface area contributed by atoms with Gasteiger partial charge in [-0.15, -0.1) is 5.54 Å². The highest BCUT2D eigenvalue weighted by molar-refractivity contribution is 14.1. The summed E-state index contributed by atoms with van der Waals surface area (Å²) in [5.41, 5.74) is 17.9. The van der Waals surface area contributed by atoms with Crippen LogP contribution in [0.1, 0.15) is 127 Å². The lowest BCUT2D eigenvalue weighted by Gasteiger charge is -2.54. The Morgan fingerprint density at radius 3 is 0.770 bits per heavy atom. The maximum atomic E-state index is 4.08. The summed E-state index contributed by atoms with van der Waals surface area (Å²) in [4.78, 5) is 0. The molecule has 6 atom stereocenters. The van der Waals surface area contributed by atoms with E-state index in [0.29, 0.717) is 16.6 Å². The van der Waals surface area contributed by atoms with E-state index in [1.165, 1.54) is 49.9 Å². The van der Waals surface area contributed by atoms with Gasteiger partial charge in [0.2, 0.25) is 0 Å². The first kappa shape index (κ1) is 48.6. The van der Waals surface area contributed by atoms with E-state index >= 15 is 0 Å². The molecule has 0 aliphatic heterocycles. The van der Waals surface area contributed by atoms with E-state index in [-0.39, 0.29) is 32.5 Å². The zero-order valence-electron chi connectivity index (χ0n) is 43.8. The molecule has 3 aromatic carbocycles. The second kappa shape index (κ2) is 18.2. The second-order valence-corrected chi connectivity index (χ2v) is 30.2. The van der Waals surface area contributed by atoms with Gasteiger partial charge in [-0.25, -0.2) is 0 Å². The lowest BCUT2D eigenvalue weighted by atomic mass is 9.47. The summed E-state index contributed by atoms with van der Waals surface area (Å²) in [5.74, 6) is 40.2. The third kappa shape index (κ3) is 6.95. The third-order valence-electron chi connectivity index (χ3n) is 19.4. The summed E-state index contributed by atoms with van der Waals surface area (Å²) in [6, 6.07) is 25.5. The van der Waals surface area contributed by atoms with Crippen LogP contribution < -0.4 is 0 Å². The summed E-state index contributed by atoms with van der Waals surface area (Å²) < 4.78 is 1.21. The fourth-order valence-electron chi connectivity index (χ4n) is 15.9. The Morgan fingerprint density at radius 1 is 0.324 bits per heavy atom. The number of hydrogen-bond acceptors (Lipinski definition) is 0. The fraction of sp³-hybridized carbons (Fsp3) is 0.333. The molecule has 0 N–H and O–H groups in total. The smallest absolute Gasteiger partial charge is 0.125 e. The Balaban J connectivity index is 0.821. The molecular weight excluding hydrogens is 1020 g/mol. The summed E-state index contributed by atoms with van der Waals surface area (Å²) in [6.07, 6.45) is 38.1. The first-order valence-corrected chi connectivity index (χ1v) is 30.6. The van der Waals surface area contributed by atoms with E-state index in [2.05, 4.69) is 281 Å². The summed E-state index contributed by atoms with van der Waals surface area (Å²) in [6.45, 7) is 14.4. The van der Waals surface area contributed by atoms with E-state index < -0.39 is 8.07 Å². The van der Waals surface area contributed by atoms with Crippen molar-refractivity contribution in [2.45, 2.75) is 116 Å². The van der Waals surface area contributed by atoms with Crippen LogP contribution >= 0.6 is 22.6 Å². The topological polar surface area (TPSA) is 0 Å². The lowest BCUT2D eigenvalue weighted by Crippen LogP contribution is -2.49. The van der Waals surface area contributed by atoms with Gasteiger partial charge >= 0.3 is 0 Å². The van der Waals surface area contributed by atoms with Gasteiger partial charge in [-0.1, -0.05) is 199 Å². The third-order valence-corrected chi connectivity index (χ3v) is 26.4. The van der Waals surface area contributed by atoms with Crippen LogP contribution in [0.2, 0.25) is 16.6 Å². The Kier molecular flexibility index (Phi) is 11.9. The lowest BCUT2D eigenvalue weighted by molar-refractivity contribution is 0.232. The molecule has 74 heavy (non-hydrogen) atoms. The highest BCUT2D eigenvalue weighted by atomic mass is 127. The van der Waals surface area contributed by atoms with E-state index in [0.717, 1.165) is 72.8 Å². The quantitative estimate of drug-likeness (QED) is 0.139. The molecule has 2 heteroatoms. The average molecular weight is 1080 g/mol.